The van der Waals surface area contributed by atoms with Crippen molar-refractivity contribution in [2.45, 2.75) is 37.1 Å². The fourth-order valence-electron chi connectivity index (χ4n) is 2.01. The molecule has 0 bridgehead atoms. The van der Waals surface area contributed by atoms with Crippen molar-refractivity contribution in [3.63, 3.8) is 0 Å². The third kappa shape index (κ3) is 2.89. The molecule has 1 atom stereocenters. The van der Waals surface area contributed by atoms with Gasteiger partial charge in [-0.3, -0.25) is 0 Å². The van der Waals surface area contributed by atoms with Gasteiger partial charge in [-0.1, -0.05) is 18.6 Å². The van der Waals surface area contributed by atoms with Gasteiger partial charge < -0.3 is 0 Å². The van der Waals surface area contributed by atoms with Gasteiger partial charge in [-0.05, 0) is 53.7 Å². The molecule has 0 aliphatic heterocycles. The Hall–Kier alpha value is -0.390. The van der Waals surface area contributed by atoms with E-state index in [4.69, 9.17) is 0 Å². The third-order valence-corrected chi connectivity index (χ3v) is 5.90. The summed E-state index contributed by atoms with van der Waals surface area (Å²) < 4.78 is 27.7. The molecule has 1 aromatic rings. The Labute approximate surface area is 111 Å². The van der Waals surface area contributed by atoms with Gasteiger partial charge in [0.2, 0.25) is 10.0 Å². The molecule has 17 heavy (non-hydrogen) atoms. The van der Waals surface area contributed by atoms with Crippen molar-refractivity contribution in [2.24, 2.45) is 5.92 Å². The highest BCUT2D eigenvalue weighted by molar-refractivity contribution is 9.10. The molecule has 1 aliphatic carbocycles. The zero-order chi connectivity index (χ0) is 12.5. The van der Waals surface area contributed by atoms with Crippen LogP contribution in [0, 0.1) is 5.92 Å². The zero-order valence-corrected chi connectivity index (χ0v) is 12.1. The fourth-order valence-corrected chi connectivity index (χ4v) is 4.32. The summed E-state index contributed by atoms with van der Waals surface area (Å²) in [4.78, 5) is 0.311. The number of halogens is 1. The minimum Gasteiger partial charge on any atom is -0.208 e. The van der Waals surface area contributed by atoms with Gasteiger partial charge >= 0.3 is 0 Å². The maximum absolute atomic E-state index is 12.2. The average Bonchev–Trinajstić information content (AvgIpc) is 2.13. The summed E-state index contributed by atoms with van der Waals surface area (Å²) in [6.07, 6.45) is 3.46. The van der Waals surface area contributed by atoms with Gasteiger partial charge in [-0.2, -0.15) is 0 Å². The first kappa shape index (κ1) is 13.1. The molecule has 0 radical (unpaired) electrons. The van der Waals surface area contributed by atoms with E-state index in [1.807, 2.05) is 6.92 Å². The third-order valence-electron chi connectivity index (χ3n) is 3.32. The molecular formula is C12H16BrNO2S. The summed E-state index contributed by atoms with van der Waals surface area (Å²) in [5.41, 5.74) is 0. The van der Waals surface area contributed by atoms with Crippen LogP contribution in [0.5, 0.6) is 0 Å². The normalized spacial score (nSPS) is 18.7. The van der Waals surface area contributed by atoms with Crippen LogP contribution in [0.15, 0.2) is 33.6 Å². The highest BCUT2D eigenvalue weighted by Gasteiger charge is 2.28. The Kier molecular flexibility index (Phi) is 3.90. The van der Waals surface area contributed by atoms with E-state index in [0.29, 0.717) is 15.3 Å². The van der Waals surface area contributed by atoms with E-state index in [1.54, 1.807) is 24.3 Å². The van der Waals surface area contributed by atoms with Crippen LogP contribution in [0.3, 0.4) is 0 Å². The molecule has 0 heterocycles. The van der Waals surface area contributed by atoms with Crippen molar-refractivity contribution in [1.29, 1.82) is 0 Å². The van der Waals surface area contributed by atoms with E-state index < -0.39 is 10.0 Å². The Bertz CT molecular complexity index is 497. The SMILES string of the molecule is CC(NS(=O)(=O)c1ccccc1Br)C1CCC1. The molecule has 5 heteroatoms. The molecule has 0 saturated heterocycles. The topological polar surface area (TPSA) is 46.2 Å². The molecule has 1 fully saturated rings. The minimum atomic E-state index is -3.41. The van der Waals surface area contributed by atoms with E-state index in [0.717, 1.165) is 12.8 Å². The summed E-state index contributed by atoms with van der Waals surface area (Å²) in [6.45, 7) is 1.94. The molecule has 2 rings (SSSR count). The van der Waals surface area contributed by atoms with E-state index in [1.165, 1.54) is 6.42 Å². The van der Waals surface area contributed by atoms with Crippen LogP contribution in [-0.2, 0) is 10.0 Å². The predicted octanol–water partition coefficient (Wildman–Crippen LogP) is 2.92. The standard InChI is InChI=1S/C12H16BrNO2S/c1-9(10-5-4-6-10)14-17(15,16)12-8-3-2-7-11(12)13/h2-3,7-10,14H,4-6H2,1H3. The molecular weight excluding hydrogens is 302 g/mol. The van der Waals surface area contributed by atoms with Crippen molar-refractivity contribution < 1.29 is 8.42 Å². The van der Waals surface area contributed by atoms with Gasteiger partial charge in [0, 0.05) is 10.5 Å². The zero-order valence-electron chi connectivity index (χ0n) is 9.69. The summed E-state index contributed by atoms with van der Waals surface area (Å²) >= 11 is 3.27. The predicted molar refractivity (Wildman–Crippen MR) is 71.3 cm³/mol. The van der Waals surface area contributed by atoms with Gasteiger partial charge in [0.25, 0.3) is 0 Å². The Morgan fingerprint density at radius 2 is 2.00 bits per heavy atom. The average molecular weight is 318 g/mol. The summed E-state index contributed by atoms with van der Waals surface area (Å²) in [5, 5.41) is 0. The molecule has 94 valence electrons. The van der Waals surface area contributed by atoms with Crippen LogP contribution in [0.1, 0.15) is 26.2 Å². The monoisotopic (exact) mass is 317 g/mol. The molecule has 1 aliphatic rings. The molecule has 0 aromatic heterocycles. The number of hydrogen-bond acceptors (Lipinski definition) is 2. The molecule has 1 unspecified atom stereocenters. The number of rotatable bonds is 4. The maximum Gasteiger partial charge on any atom is 0.241 e. The van der Waals surface area contributed by atoms with Crippen LogP contribution >= 0.6 is 15.9 Å². The smallest absolute Gasteiger partial charge is 0.208 e. The summed E-state index contributed by atoms with van der Waals surface area (Å²) in [7, 11) is -3.41. The van der Waals surface area contributed by atoms with Crippen molar-refractivity contribution in [3.05, 3.63) is 28.7 Å². The highest BCUT2D eigenvalue weighted by Crippen LogP contribution is 2.30. The number of hydrogen-bond donors (Lipinski definition) is 1. The second-order valence-corrected chi connectivity index (χ2v) is 7.07. The minimum absolute atomic E-state index is 0.0147. The first-order chi connectivity index (χ1) is 8.00. The number of nitrogens with one attached hydrogen (secondary N) is 1. The maximum atomic E-state index is 12.2. The van der Waals surface area contributed by atoms with E-state index >= 15 is 0 Å². The van der Waals surface area contributed by atoms with Crippen molar-refractivity contribution in [1.82, 2.24) is 4.72 Å². The van der Waals surface area contributed by atoms with Gasteiger partial charge in [0.05, 0.1) is 4.90 Å². The number of benzene rings is 1. The second-order valence-electron chi connectivity index (χ2n) is 4.53. The molecule has 3 nitrogen and oxygen atoms in total. The molecule has 0 amide bonds. The van der Waals surface area contributed by atoms with Crippen molar-refractivity contribution >= 4 is 26.0 Å². The molecule has 1 aromatic carbocycles. The first-order valence-electron chi connectivity index (χ1n) is 5.77. The first-order valence-corrected chi connectivity index (χ1v) is 8.05. The molecule has 1 saturated carbocycles. The van der Waals surface area contributed by atoms with Gasteiger partial charge in [-0.15, -0.1) is 0 Å². The van der Waals surface area contributed by atoms with Crippen LogP contribution in [0.4, 0.5) is 0 Å². The second kappa shape index (κ2) is 5.08. The van der Waals surface area contributed by atoms with Gasteiger partial charge in [-0.25, -0.2) is 13.1 Å². The van der Waals surface area contributed by atoms with Crippen LogP contribution in [0.25, 0.3) is 0 Å². The van der Waals surface area contributed by atoms with E-state index in [2.05, 4.69) is 20.7 Å². The summed E-state index contributed by atoms with van der Waals surface area (Å²) in [5.74, 6) is 0.493. The van der Waals surface area contributed by atoms with E-state index in [9.17, 15) is 8.42 Å². The lowest BCUT2D eigenvalue weighted by Gasteiger charge is -2.31. The van der Waals surface area contributed by atoms with Crippen LogP contribution in [0.2, 0.25) is 0 Å². The van der Waals surface area contributed by atoms with Crippen LogP contribution in [-0.4, -0.2) is 14.5 Å². The van der Waals surface area contributed by atoms with Crippen molar-refractivity contribution in [3.8, 4) is 0 Å². The fraction of sp³-hybridized carbons (Fsp3) is 0.500. The quantitative estimate of drug-likeness (QED) is 0.928. The lowest BCUT2D eigenvalue weighted by atomic mass is 9.81. The van der Waals surface area contributed by atoms with E-state index in [-0.39, 0.29) is 6.04 Å². The molecule has 1 N–H and O–H groups in total. The highest BCUT2D eigenvalue weighted by atomic mass is 79.9. The molecule has 0 spiro atoms. The lowest BCUT2D eigenvalue weighted by molar-refractivity contribution is 0.260. The van der Waals surface area contributed by atoms with Crippen molar-refractivity contribution in [2.75, 3.05) is 0 Å². The van der Waals surface area contributed by atoms with Gasteiger partial charge in [0.1, 0.15) is 0 Å². The largest absolute Gasteiger partial charge is 0.241 e. The van der Waals surface area contributed by atoms with Gasteiger partial charge in [0.15, 0.2) is 0 Å². The number of sulfonamides is 1. The summed E-state index contributed by atoms with van der Waals surface area (Å²) in [6, 6.07) is 6.90. The Balaban J connectivity index is 2.16. The Morgan fingerprint density at radius 3 is 2.53 bits per heavy atom. The van der Waals surface area contributed by atoms with Crippen LogP contribution < -0.4 is 4.72 Å². The Morgan fingerprint density at radius 1 is 1.35 bits per heavy atom. The lowest BCUT2D eigenvalue weighted by Crippen LogP contribution is -2.40.